The average molecular weight is 435 g/mol. The number of imide groups is 1. The van der Waals surface area contributed by atoms with Gasteiger partial charge in [-0.05, 0) is 61.2 Å². The zero-order valence-corrected chi connectivity index (χ0v) is 17.4. The van der Waals surface area contributed by atoms with Crippen LogP contribution in [-0.4, -0.2) is 33.1 Å². The van der Waals surface area contributed by atoms with E-state index in [0.29, 0.717) is 0 Å². The lowest BCUT2D eigenvalue weighted by molar-refractivity contribution is -0.127. The molecule has 4 rings (SSSR count). The summed E-state index contributed by atoms with van der Waals surface area (Å²) in [5, 5.41) is 1.84. The highest BCUT2D eigenvalue weighted by Crippen LogP contribution is 2.33. The second kappa shape index (κ2) is 8.61. The van der Waals surface area contributed by atoms with Crippen LogP contribution in [0.15, 0.2) is 71.6 Å². The second-order valence-electron chi connectivity index (χ2n) is 6.87. The molecule has 31 heavy (non-hydrogen) atoms. The van der Waals surface area contributed by atoms with E-state index in [9.17, 15) is 18.8 Å². The number of nitrogens with one attached hydrogen (secondary N) is 1. The number of thioether (sulfide) groups is 1. The van der Waals surface area contributed by atoms with Gasteiger partial charge in [0.15, 0.2) is 0 Å². The number of amides is 3. The standard InChI is InChI=1S/C23H18FN3O3S/c1-15-11-12-17(27(15)16-7-3-2-4-8-16)13-20-22(29)26(23(30)31-20)14-21(28)25-19-10-6-5-9-18(19)24/h2-13H,14H2,1H3,(H,25,28)/b20-13-. The number of aromatic nitrogens is 1. The van der Waals surface area contributed by atoms with Crippen molar-refractivity contribution in [3.05, 3.63) is 88.8 Å². The molecule has 1 fully saturated rings. The van der Waals surface area contributed by atoms with E-state index in [1.165, 1.54) is 18.2 Å². The Kier molecular flexibility index (Phi) is 5.73. The molecule has 0 bridgehead atoms. The van der Waals surface area contributed by atoms with Gasteiger partial charge in [0.1, 0.15) is 12.4 Å². The molecular formula is C23H18FN3O3S. The first-order valence-electron chi connectivity index (χ1n) is 9.47. The van der Waals surface area contributed by atoms with E-state index in [2.05, 4.69) is 5.32 Å². The van der Waals surface area contributed by atoms with Crippen LogP contribution in [0, 0.1) is 12.7 Å². The molecule has 0 spiro atoms. The lowest BCUT2D eigenvalue weighted by atomic mass is 10.3. The van der Waals surface area contributed by atoms with Crippen LogP contribution in [-0.2, 0) is 9.59 Å². The van der Waals surface area contributed by atoms with Crippen molar-refractivity contribution in [3.63, 3.8) is 0 Å². The first-order valence-corrected chi connectivity index (χ1v) is 10.3. The van der Waals surface area contributed by atoms with E-state index in [1.807, 2.05) is 54.0 Å². The van der Waals surface area contributed by atoms with Crippen molar-refractivity contribution in [3.8, 4) is 5.69 Å². The van der Waals surface area contributed by atoms with Gasteiger partial charge in [-0.25, -0.2) is 4.39 Å². The Balaban J connectivity index is 1.53. The number of benzene rings is 2. The number of halogens is 1. The molecule has 2 heterocycles. The maximum Gasteiger partial charge on any atom is 0.294 e. The number of nitrogens with zero attached hydrogens (tertiary/aromatic N) is 2. The fourth-order valence-corrected chi connectivity index (χ4v) is 4.09. The number of aryl methyl sites for hydroxylation is 1. The predicted octanol–water partition coefficient (Wildman–Crippen LogP) is 4.60. The summed E-state index contributed by atoms with van der Waals surface area (Å²) in [4.78, 5) is 38.5. The first kappa shape index (κ1) is 20.6. The maximum atomic E-state index is 13.7. The lowest BCUT2D eigenvalue weighted by Gasteiger charge is -2.13. The minimum atomic E-state index is -0.655. The van der Waals surface area contributed by atoms with Crippen LogP contribution in [0.2, 0.25) is 0 Å². The van der Waals surface area contributed by atoms with E-state index in [4.69, 9.17) is 0 Å². The summed E-state index contributed by atoms with van der Waals surface area (Å²) in [7, 11) is 0. The minimum absolute atomic E-state index is 0.00817. The summed E-state index contributed by atoms with van der Waals surface area (Å²) in [5.41, 5.74) is 2.64. The lowest BCUT2D eigenvalue weighted by Crippen LogP contribution is -2.36. The average Bonchev–Trinajstić information content (AvgIpc) is 3.24. The van der Waals surface area contributed by atoms with Crippen LogP contribution in [0.1, 0.15) is 11.4 Å². The summed E-state index contributed by atoms with van der Waals surface area (Å²) >= 11 is 0.772. The first-order chi connectivity index (χ1) is 14.9. The molecule has 156 valence electrons. The smallest absolute Gasteiger partial charge is 0.294 e. The Bertz CT molecular complexity index is 1200. The van der Waals surface area contributed by atoms with Gasteiger partial charge >= 0.3 is 0 Å². The highest BCUT2D eigenvalue weighted by atomic mass is 32.2. The molecule has 0 radical (unpaired) electrons. The molecule has 1 saturated heterocycles. The summed E-state index contributed by atoms with van der Waals surface area (Å²) in [6.07, 6.45) is 1.64. The molecule has 2 aromatic carbocycles. The number of carbonyl (C=O) groups is 3. The van der Waals surface area contributed by atoms with Gasteiger partial charge in [0.05, 0.1) is 10.6 Å². The molecule has 3 aromatic rings. The highest BCUT2D eigenvalue weighted by Gasteiger charge is 2.36. The van der Waals surface area contributed by atoms with Gasteiger partial charge in [-0.3, -0.25) is 19.3 Å². The van der Waals surface area contributed by atoms with Gasteiger partial charge in [-0.15, -0.1) is 0 Å². The van der Waals surface area contributed by atoms with Gasteiger partial charge in [-0.2, -0.15) is 0 Å². The van der Waals surface area contributed by atoms with E-state index in [0.717, 1.165) is 33.7 Å². The van der Waals surface area contributed by atoms with Crippen molar-refractivity contribution in [1.29, 1.82) is 0 Å². The monoisotopic (exact) mass is 435 g/mol. The van der Waals surface area contributed by atoms with Gasteiger partial charge in [0, 0.05) is 17.1 Å². The third kappa shape index (κ3) is 4.29. The molecule has 0 aliphatic carbocycles. The fraction of sp³-hybridized carbons (Fsp3) is 0.0870. The zero-order valence-electron chi connectivity index (χ0n) is 16.5. The molecule has 1 aliphatic rings. The van der Waals surface area contributed by atoms with Crippen molar-refractivity contribution in [1.82, 2.24) is 9.47 Å². The van der Waals surface area contributed by atoms with Crippen LogP contribution in [0.3, 0.4) is 0 Å². The Hall–Kier alpha value is -3.65. The molecule has 0 atom stereocenters. The number of para-hydroxylation sites is 2. The number of carbonyl (C=O) groups excluding carboxylic acids is 3. The highest BCUT2D eigenvalue weighted by molar-refractivity contribution is 8.18. The van der Waals surface area contributed by atoms with E-state index in [1.54, 1.807) is 12.1 Å². The summed E-state index contributed by atoms with van der Waals surface area (Å²) < 4.78 is 15.7. The van der Waals surface area contributed by atoms with Crippen LogP contribution < -0.4 is 5.32 Å². The van der Waals surface area contributed by atoms with Gasteiger partial charge in [-0.1, -0.05) is 30.3 Å². The quantitative estimate of drug-likeness (QED) is 0.595. The predicted molar refractivity (Wildman–Crippen MR) is 118 cm³/mol. The zero-order chi connectivity index (χ0) is 22.0. The molecule has 1 N–H and O–H groups in total. The van der Waals surface area contributed by atoms with Crippen LogP contribution in [0.25, 0.3) is 11.8 Å². The van der Waals surface area contributed by atoms with Crippen molar-refractivity contribution in [2.24, 2.45) is 0 Å². The number of hydrogen-bond donors (Lipinski definition) is 1. The molecule has 0 unspecified atom stereocenters. The van der Waals surface area contributed by atoms with Gasteiger partial charge in [0.2, 0.25) is 5.91 Å². The summed E-state index contributed by atoms with van der Waals surface area (Å²) in [6, 6.07) is 19.1. The fourth-order valence-electron chi connectivity index (χ4n) is 3.27. The molecule has 3 amide bonds. The molecule has 1 aliphatic heterocycles. The van der Waals surface area contributed by atoms with Crippen LogP contribution >= 0.6 is 11.8 Å². The Morgan fingerprint density at radius 1 is 1.03 bits per heavy atom. The number of rotatable bonds is 5. The third-order valence-electron chi connectivity index (χ3n) is 4.72. The third-order valence-corrected chi connectivity index (χ3v) is 5.63. The van der Waals surface area contributed by atoms with Crippen molar-refractivity contribution >= 4 is 40.6 Å². The molecule has 0 saturated carbocycles. The van der Waals surface area contributed by atoms with Crippen molar-refractivity contribution in [2.45, 2.75) is 6.92 Å². The van der Waals surface area contributed by atoms with Gasteiger partial charge < -0.3 is 9.88 Å². The Labute approximate surface area is 182 Å². The normalized spacial score (nSPS) is 15.0. The van der Waals surface area contributed by atoms with E-state index in [-0.39, 0.29) is 10.6 Å². The maximum absolute atomic E-state index is 13.7. The van der Waals surface area contributed by atoms with Crippen molar-refractivity contribution < 1.29 is 18.8 Å². The SMILES string of the molecule is Cc1ccc(/C=C2\SC(=O)N(CC(=O)Nc3ccccc3F)C2=O)n1-c1ccccc1. The van der Waals surface area contributed by atoms with E-state index < -0.39 is 29.4 Å². The molecular weight excluding hydrogens is 417 g/mol. The molecule has 8 heteroatoms. The molecule has 6 nitrogen and oxygen atoms in total. The Morgan fingerprint density at radius 2 is 1.74 bits per heavy atom. The second-order valence-corrected chi connectivity index (χ2v) is 7.86. The van der Waals surface area contributed by atoms with Crippen molar-refractivity contribution in [2.75, 3.05) is 11.9 Å². The minimum Gasteiger partial charge on any atom is -0.322 e. The van der Waals surface area contributed by atoms with Crippen LogP contribution in [0.5, 0.6) is 0 Å². The number of hydrogen-bond acceptors (Lipinski definition) is 4. The van der Waals surface area contributed by atoms with Gasteiger partial charge in [0.25, 0.3) is 11.1 Å². The largest absolute Gasteiger partial charge is 0.322 e. The molecule has 1 aromatic heterocycles. The van der Waals surface area contributed by atoms with Crippen LogP contribution in [0.4, 0.5) is 14.9 Å². The van der Waals surface area contributed by atoms with E-state index >= 15 is 0 Å². The summed E-state index contributed by atoms with van der Waals surface area (Å²) in [6.45, 7) is 1.46. The Morgan fingerprint density at radius 3 is 2.48 bits per heavy atom. The number of anilines is 1. The summed E-state index contributed by atoms with van der Waals surface area (Å²) in [5.74, 6) is -1.81. The topological polar surface area (TPSA) is 71.4 Å².